The maximum Gasteiger partial charge on any atom is 0.120 e. The van der Waals surface area contributed by atoms with Gasteiger partial charge >= 0.3 is 0 Å². The Bertz CT molecular complexity index is 378. The Kier molecular flexibility index (Phi) is 5.46. The molecule has 0 aliphatic carbocycles. The van der Waals surface area contributed by atoms with E-state index in [2.05, 4.69) is 37.1 Å². The molecule has 1 fully saturated rings. The fourth-order valence-corrected chi connectivity index (χ4v) is 2.86. The standard InChI is InChI=1S/C16H28N2O/c1-4-14-6-8-18(9-7-14)12-15-10-13(3)16(19-15)11-17-5-2/h10,14,17H,4-9,11-12H2,1-3H3. The first-order valence-electron chi connectivity index (χ1n) is 7.74. The van der Waals surface area contributed by atoms with Crippen LogP contribution in [0.15, 0.2) is 10.5 Å². The van der Waals surface area contributed by atoms with Crippen molar-refractivity contribution < 1.29 is 4.42 Å². The lowest BCUT2D eigenvalue weighted by Gasteiger charge is -2.30. The Hall–Kier alpha value is -0.800. The fourth-order valence-electron chi connectivity index (χ4n) is 2.86. The van der Waals surface area contributed by atoms with E-state index in [9.17, 15) is 0 Å². The molecule has 3 heteroatoms. The van der Waals surface area contributed by atoms with E-state index in [1.165, 1.54) is 37.9 Å². The summed E-state index contributed by atoms with van der Waals surface area (Å²) in [4.78, 5) is 2.53. The average Bonchev–Trinajstić information content (AvgIpc) is 2.77. The zero-order chi connectivity index (χ0) is 13.7. The normalized spacial score (nSPS) is 18.1. The molecular formula is C16H28N2O. The zero-order valence-corrected chi connectivity index (χ0v) is 12.7. The van der Waals surface area contributed by atoms with Gasteiger partial charge in [-0.1, -0.05) is 20.3 Å². The van der Waals surface area contributed by atoms with Crippen molar-refractivity contribution in [1.29, 1.82) is 0 Å². The molecule has 0 unspecified atom stereocenters. The topological polar surface area (TPSA) is 28.4 Å². The Morgan fingerprint density at radius 1 is 1.32 bits per heavy atom. The summed E-state index contributed by atoms with van der Waals surface area (Å²) in [7, 11) is 0. The van der Waals surface area contributed by atoms with Crippen LogP contribution in [0.5, 0.6) is 0 Å². The maximum atomic E-state index is 5.97. The summed E-state index contributed by atoms with van der Waals surface area (Å²) >= 11 is 0. The first-order valence-corrected chi connectivity index (χ1v) is 7.74. The van der Waals surface area contributed by atoms with Crippen LogP contribution in [0.25, 0.3) is 0 Å². The van der Waals surface area contributed by atoms with Gasteiger partial charge in [0.25, 0.3) is 0 Å². The number of piperidine rings is 1. The van der Waals surface area contributed by atoms with E-state index in [1.807, 2.05) is 0 Å². The van der Waals surface area contributed by atoms with Crippen LogP contribution in [0.3, 0.4) is 0 Å². The molecule has 0 bridgehead atoms. The van der Waals surface area contributed by atoms with Crippen LogP contribution < -0.4 is 5.32 Å². The second-order valence-electron chi connectivity index (χ2n) is 5.73. The minimum Gasteiger partial charge on any atom is -0.463 e. The first kappa shape index (κ1) is 14.6. The van der Waals surface area contributed by atoms with Crippen molar-refractivity contribution in [1.82, 2.24) is 10.2 Å². The molecule has 19 heavy (non-hydrogen) atoms. The van der Waals surface area contributed by atoms with E-state index in [0.29, 0.717) is 0 Å². The van der Waals surface area contributed by atoms with Crippen LogP contribution in [0.1, 0.15) is 50.2 Å². The molecule has 1 aliphatic rings. The molecule has 2 heterocycles. The molecule has 0 amide bonds. The van der Waals surface area contributed by atoms with E-state index in [-0.39, 0.29) is 0 Å². The first-order chi connectivity index (χ1) is 9.22. The smallest absolute Gasteiger partial charge is 0.120 e. The molecule has 1 N–H and O–H groups in total. The summed E-state index contributed by atoms with van der Waals surface area (Å²) in [5.41, 5.74) is 1.28. The van der Waals surface area contributed by atoms with Crippen LogP contribution in [0.2, 0.25) is 0 Å². The van der Waals surface area contributed by atoms with Gasteiger partial charge in [0.2, 0.25) is 0 Å². The van der Waals surface area contributed by atoms with E-state index in [0.717, 1.165) is 37.1 Å². The molecule has 3 nitrogen and oxygen atoms in total. The molecule has 0 atom stereocenters. The van der Waals surface area contributed by atoms with Crippen molar-refractivity contribution in [3.8, 4) is 0 Å². The maximum absolute atomic E-state index is 5.97. The van der Waals surface area contributed by atoms with Crippen LogP contribution >= 0.6 is 0 Å². The largest absolute Gasteiger partial charge is 0.463 e. The number of rotatable bonds is 6. The van der Waals surface area contributed by atoms with E-state index in [4.69, 9.17) is 4.42 Å². The third-order valence-electron chi connectivity index (χ3n) is 4.27. The summed E-state index contributed by atoms with van der Waals surface area (Å²) in [5.74, 6) is 3.17. The van der Waals surface area contributed by atoms with Crippen LogP contribution in [0, 0.1) is 12.8 Å². The monoisotopic (exact) mass is 264 g/mol. The molecule has 0 saturated carbocycles. The fraction of sp³-hybridized carbons (Fsp3) is 0.750. The second-order valence-corrected chi connectivity index (χ2v) is 5.73. The highest BCUT2D eigenvalue weighted by Crippen LogP contribution is 2.23. The second kappa shape index (κ2) is 7.11. The molecule has 1 aromatic heterocycles. The molecule has 0 spiro atoms. The van der Waals surface area contributed by atoms with Gasteiger partial charge in [-0.25, -0.2) is 0 Å². The van der Waals surface area contributed by atoms with Gasteiger partial charge in [-0.05, 0) is 56.9 Å². The van der Waals surface area contributed by atoms with Gasteiger partial charge in [0.1, 0.15) is 11.5 Å². The Balaban J connectivity index is 1.86. The van der Waals surface area contributed by atoms with Gasteiger partial charge < -0.3 is 9.73 Å². The molecule has 0 aromatic carbocycles. The molecular weight excluding hydrogens is 236 g/mol. The lowest BCUT2D eigenvalue weighted by molar-refractivity contribution is 0.163. The Labute approximate surface area is 117 Å². The summed E-state index contributed by atoms with van der Waals surface area (Å²) in [6.45, 7) is 11.8. The number of furan rings is 1. The van der Waals surface area contributed by atoms with Gasteiger partial charge in [-0.15, -0.1) is 0 Å². The molecule has 2 rings (SSSR count). The Morgan fingerprint density at radius 2 is 2.05 bits per heavy atom. The van der Waals surface area contributed by atoms with Crippen molar-refractivity contribution >= 4 is 0 Å². The minimum absolute atomic E-state index is 0.847. The van der Waals surface area contributed by atoms with Crippen molar-refractivity contribution in [3.63, 3.8) is 0 Å². The predicted molar refractivity (Wildman–Crippen MR) is 79.1 cm³/mol. The van der Waals surface area contributed by atoms with Gasteiger partial charge in [-0.2, -0.15) is 0 Å². The number of hydrogen-bond acceptors (Lipinski definition) is 3. The van der Waals surface area contributed by atoms with Gasteiger partial charge in [0, 0.05) is 0 Å². The molecule has 0 radical (unpaired) electrons. The summed E-state index contributed by atoms with van der Waals surface area (Å²) in [6, 6.07) is 2.21. The van der Waals surface area contributed by atoms with E-state index >= 15 is 0 Å². The van der Waals surface area contributed by atoms with Crippen molar-refractivity contribution in [2.24, 2.45) is 5.92 Å². The highest BCUT2D eigenvalue weighted by atomic mass is 16.3. The predicted octanol–water partition coefficient (Wildman–Crippen LogP) is 3.32. The third-order valence-corrected chi connectivity index (χ3v) is 4.27. The molecule has 1 saturated heterocycles. The number of nitrogens with zero attached hydrogens (tertiary/aromatic N) is 1. The number of hydrogen-bond donors (Lipinski definition) is 1. The van der Waals surface area contributed by atoms with Gasteiger partial charge in [0.05, 0.1) is 13.1 Å². The van der Waals surface area contributed by atoms with Crippen LogP contribution in [0.4, 0.5) is 0 Å². The Morgan fingerprint density at radius 3 is 2.68 bits per heavy atom. The van der Waals surface area contributed by atoms with Gasteiger partial charge in [0.15, 0.2) is 0 Å². The number of nitrogens with one attached hydrogen (secondary N) is 1. The van der Waals surface area contributed by atoms with Gasteiger partial charge in [-0.3, -0.25) is 4.90 Å². The van der Waals surface area contributed by atoms with E-state index < -0.39 is 0 Å². The van der Waals surface area contributed by atoms with Crippen molar-refractivity contribution in [2.45, 2.75) is 53.1 Å². The van der Waals surface area contributed by atoms with E-state index in [1.54, 1.807) is 0 Å². The lowest BCUT2D eigenvalue weighted by atomic mass is 9.94. The quantitative estimate of drug-likeness (QED) is 0.854. The highest BCUT2D eigenvalue weighted by Gasteiger charge is 2.19. The highest BCUT2D eigenvalue weighted by molar-refractivity contribution is 5.20. The summed E-state index contributed by atoms with van der Waals surface area (Å²) in [5, 5.41) is 3.33. The summed E-state index contributed by atoms with van der Waals surface area (Å²) < 4.78 is 5.97. The SMILES string of the molecule is CCNCc1oc(CN2CCC(CC)CC2)cc1C. The molecule has 108 valence electrons. The van der Waals surface area contributed by atoms with Crippen LogP contribution in [-0.4, -0.2) is 24.5 Å². The zero-order valence-electron chi connectivity index (χ0n) is 12.7. The summed E-state index contributed by atoms with van der Waals surface area (Å²) in [6.07, 6.45) is 4.03. The lowest BCUT2D eigenvalue weighted by Crippen LogP contribution is -2.32. The van der Waals surface area contributed by atoms with Crippen molar-refractivity contribution in [3.05, 3.63) is 23.2 Å². The number of aryl methyl sites for hydroxylation is 1. The molecule has 1 aliphatic heterocycles. The average molecular weight is 264 g/mol. The number of likely N-dealkylation sites (tertiary alicyclic amines) is 1. The molecule has 1 aromatic rings. The van der Waals surface area contributed by atoms with Crippen molar-refractivity contribution in [2.75, 3.05) is 19.6 Å². The third kappa shape index (κ3) is 4.08. The minimum atomic E-state index is 0.847. The van der Waals surface area contributed by atoms with Crippen LogP contribution in [-0.2, 0) is 13.1 Å².